The van der Waals surface area contributed by atoms with E-state index in [0.717, 1.165) is 10.9 Å². The summed E-state index contributed by atoms with van der Waals surface area (Å²) in [6.45, 7) is 3.71. The molecule has 1 aliphatic rings. The molecule has 0 saturated carbocycles. The fourth-order valence-electron chi connectivity index (χ4n) is 3.68. The fraction of sp³-hybridized carbons (Fsp3) is 0.280. The molecule has 0 radical (unpaired) electrons. The number of carbonyl (C=O) groups is 1. The van der Waals surface area contributed by atoms with Gasteiger partial charge in [0.15, 0.2) is 0 Å². The van der Waals surface area contributed by atoms with Crippen LogP contribution in [0, 0.1) is 0 Å². The maximum absolute atomic E-state index is 12.6. The van der Waals surface area contributed by atoms with Crippen LogP contribution in [-0.2, 0) is 16.0 Å². The highest BCUT2D eigenvalue weighted by atomic mass is 16.6. The number of benzene rings is 2. The third-order valence-electron chi connectivity index (χ3n) is 5.45. The highest BCUT2D eigenvalue weighted by molar-refractivity contribution is 5.88. The first-order chi connectivity index (χ1) is 15.3. The molecule has 32 heavy (non-hydrogen) atoms. The van der Waals surface area contributed by atoms with Crippen LogP contribution >= 0.6 is 0 Å². The molecule has 0 saturated heterocycles. The fourth-order valence-corrected chi connectivity index (χ4v) is 3.68. The second kappa shape index (κ2) is 8.42. The van der Waals surface area contributed by atoms with Crippen molar-refractivity contribution in [2.45, 2.75) is 32.0 Å². The van der Waals surface area contributed by atoms with Crippen LogP contribution in [0.3, 0.4) is 0 Å². The van der Waals surface area contributed by atoms with Gasteiger partial charge in [-0.15, -0.1) is 0 Å². The lowest BCUT2D eigenvalue weighted by Crippen LogP contribution is -2.48. The molecule has 3 aromatic rings. The van der Waals surface area contributed by atoms with E-state index < -0.39 is 23.3 Å². The highest BCUT2D eigenvalue weighted by Crippen LogP contribution is 2.37. The first-order valence-electron chi connectivity index (χ1n) is 10.2. The second-order valence-electron chi connectivity index (χ2n) is 8.03. The van der Waals surface area contributed by atoms with Crippen LogP contribution in [0.4, 0.5) is 0 Å². The third-order valence-corrected chi connectivity index (χ3v) is 5.45. The van der Waals surface area contributed by atoms with Crippen LogP contribution in [0.15, 0.2) is 57.8 Å². The topological polar surface area (TPSA) is 84.2 Å². The molecule has 0 aliphatic carbocycles. The van der Waals surface area contributed by atoms with Gasteiger partial charge in [0.2, 0.25) is 0 Å². The van der Waals surface area contributed by atoms with E-state index in [4.69, 9.17) is 23.4 Å². The Balaban J connectivity index is 1.54. The van der Waals surface area contributed by atoms with Crippen LogP contribution in [0.1, 0.15) is 25.0 Å². The van der Waals surface area contributed by atoms with Gasteiger partial charge in [0.1, 0.15) is 34.5 Å². The molecule has 1 atom stereocenters. The molecule has 7 nitrogen and oxygen atoms in total. The molecule has 2 heterocycles. The van der Waals surface area contributed by atoms with Crippen molar-refractivity contribution in [1.29, 1.82) is 0 Å². The number of esters is 1. The highest BCUT2D eigenvalue weighted by Gasteiger charge is 2.39. The molecule has 0 amide bonds. The van der Waals surface area contributed by atoms with Crippen molar-refractivity contribution in [3.05, 3.63) is 70.1 Å². The van der Waals surface area contributed by atoms with Crippen LogP contribution in [0.25, 0.3) is 17.0 Å². The SMILES string of the molecule is COc1ccc(OC)c(/C=C/C(=O)OC2Cc3cc4ccc(=O)oc4cc3OC2(C)C)c1. The molecular formula is C25H24O7. The molecule has 0 bridgehead atoms. The van der Waals surface area contributed by atoms with Crippen LogP contribution in [-0.4, -0.2) is 31.9 Å². The maximum Gasteiger partial charge on any atom is 0.336 e. The van der Waals surface area contributed by atoms with Crippen LogP contribution in [0.5, 0.6) is 17.2 Å². The molecule has 1 aliphatic heterocycles. The van der Waals surface area contributed by atoms with Gasteiger partial charge in [-0.25, -0.2) is 9.59 Å². The van der Waals surface area contributed by atoms with E-state index in [1.165, 1.54) is 12.1 Å². The van der Waals surface area contributed by atoms with E-state index >= 15 is 0 Å². The molecule has 0 spiro atoms. The number of rotatable bonds is 5. The van der Waals surface area contributed by atoms with Gasteiger partial charge < -0.3 is 23.4 Å². The molecule has 7 heteroatoms. The molecule has 4 rings (SSSR count). The number of hydrogen-bond acceptors (Lipinski definition) is 7. The molecular weight excluding hydrogens is 412 g/mol. The van der Waals surface area contributed by atoms with Crippen molar-refractivity contribution in [2.24, 2.45) is 0 Å². The maximum atomic E-state index is 12.6. The summed E-state index contributed by atoms with van der Waals surface area (Å²) in [5, 5.41) is 0.779. The Bertz CT molecular complexity index is 1250. The number of fused-ring (bicyclic) bond motifs is 2. The molecule has 1 unspecified atom stereocenters. The normalized spacial score (nSPS) is 16.9. The summed E-state index contributed by atoms with van der Waals surface area (Å²) in [5.74, 6) is 1.39. The van der Waals surface area contributed by atoms with E-state index in [-0.39, 0.29) is 0 Å². The minimum Gasteiger partial charge on any atom is -0.497 e. The third kappa shape index (κ3) is 4.32. The smallest absolute Gasteiger partial charge is 0.336 e. The zero-order valence-electron chi connectivity index (χ0n) is 18.3. The Kier molecular flexibility index (Phi) is 5.65. The van der Waals surface area contributed by atoms with Gasteiger partial charge in [-0.2, -0.15) is 0 Å². The second-order valence-corrected chi connectivity index (χ2v) is 8.03. The summed E-state index contributed by atoms with van der Waals surface area (Å²) in [7, 11) is 3.13. The largest absolute Gasteiger partial charge is 0.497 e. The van der Waals surface area contributed by atoms with Crippen molar-refractivity contribution in [3.63, 3.8) is 0 Å². The average molecular weight is 436 g/mol. The van der Waals surface area contributed by atoms with Crippen molar-refractivity contribution in [2.75, 3.05) is 14.2 Å². The monoisotopic (exact) mass is 436 g/mol. The van der Waals surface area contributed by atoms with E-state index in [1.54, 1.807) is 50.6 Å². The van der Waals surface area contributed by atoms with Crippen LogP contribution < -0.4 is 19.8 Å². The quantitative estimate of drug-likeness (QED) is 0.337. The first kappa shape index (κ1) is 21.5. The van der Waals surface area contributed by atoms with Gasteiger partial charge in [-0.3, -0.25) is 0 Å². The van der Waals surface area contributed by atoms with Crippen molar-refractivity contribution in [3.8, 4) is 17.2 Å². The summed E-state index contributed by atoms with van der Waals surface area (Å²) in [6.07, 6.45) is 2.95. The van der Waals surface area contributed by atoms with E-state index in [2.05, 4.69) is 0 Å². The van der Waals surface area contributed by atoms with Gasteiger partial charge in [0.25, 0.3) is 0 Å². The zero-order valence-corrected chi connectivity index (χ0v) is 18.3. The number of methoxy groups -OCH3 is 2. The average Bonchev–Trinajstić information content (AvgIpc) is 2.76. The Hall–Kier alpha value is -3.74. The summed E-state index contributed by atoms with van der Waals surface area (Å²) in [4.78, 5) is 24.1. The number of carbonyl (C=O) groups excluding carboxylic acids is 1. The Morgan fingerprint density at radius 3 is 2.66 bits per heavy atom. The summed E-state index contributed by atoms with van der Waals surface area (Å²) >= 11 is 0. The van der Waals surface area contributed by atoms with Gasteiger partial charge in [-0.05, 0) is 55.8 Å². The molecule has 0 N–H and O–H groups in total. The Morgan fingerprint density at radius 1 is 1.09 bits per heavy atom. The minimum absolute atomic E-state index is 0.418. The van der Waals surface area contributed by atoms with E-state index in [0.29, 0.717) is 34.8 Å². The van der Waals surface area contributed by atoms with Gasteiger partial charge >= 0.3 is 11.6 Å². The van der Waals surface area contributed by atoms with Gasteiger partial charge in [0, 0.05) is 35.6 Å². The summed E-state index contributed by atoms with van der Waals surface area (Å²) < 4.78 is 27.7. The summed E-state index contributed by atoms with van der Waals surface area (Å²) in [5.41, 5.74) is 0.840. The lowest BCUT2D eigenvalue weighted by molar-refractivity contribution is -0.155. The van der Waals surface area contributed by atoms with Gasteiger partial charge in [-0.1, -0.05) is 0 Å². The predicted molar refractivity (Wildman–Crippen MR) is 119 cm³/mol. The lowest BCUT2D eigenvalue weighted by atomic mass is 9.90. The number of ether oxygens (including phenoxy) is 4. The number of hydrogen-bond donors (Lipinski definition) is 0. The summed E-state index contributed by atoms with van der Waals surface area (Å²) in [6, 6.07) is 12.0. The van der Waals surface area contributed by atoms with E-state index in [9.17, 15) is 9.59 Å². The predicted octanol–water partition coefficient (Wildman–Crippen LogP) is 4.15. The van der Waals surface area contributed by atoms with Gasteiger partial charge in [0.05, 0.1) is 14.2 Å². The molecule has 1 aromatic heterocycles. The Labute approximate surface area is 185 Å². The minimum atomic E-state index is -0.771. The lowest BCUT2D eigenvalue weighted by Gasteiger charge is -2.39. The van der Waals surface area contributed by atoms with Crippen molar-refractivity contribution < 1.29 is 28.2 Å². The van der Waals surface area contributed by atoms with Crippen LogP contribution in [0.2, 0.25) is 0 Å². The standard InChI is InChI=1S/C25H24O7/c1-25(2)22(13-17-11-15-5-9-23(26)30-20(15)14-21(17)32-25)31-24(27)10-6-16-12-18(28-3)7-8-19(16)29-4/h5-12,14,22H,13H2,1-4H3/b10-6+. The molecule has 2 aromatic carbocycles. The first-order valence-corrected chi connectivity index (χ1v) is 10.2. The molecule has 166 valence electrons. The zero-order chi connectivity index (χ0) is 22.9. The van der Waals surface area contributed by atoms with E-state index in [1.807, 2.05) is 19.9 Å². The van der Waals surface area contributed by atoms with Crippen molar-refractivity contribution >= 4 is 23.0 Å². The van der Waals surface area contributed by atoms with Crippen molar-refractivity contribution in [1.82, 2.24) is 0 Å². The Morgan fingerprint density at radius 2 is 1.91 bits per heavy atom. The molecule has 0 fully saturated rings.